The van der Waals surface area contributed by atoms with Crippen molar-refractivity contribution in [2.75, 3.05) is 6.61 Å². The van der Waals surface area contributed by atoms with Gasteiger partial charge in [0.2, 0.25) is 0 Å². The molecule has 2 N–H and O–H groups in total. The van der Waals surface area contributed by atoms with E-state index in [2.05, 4.69) is 20.8 Å². The highest BCUT2D eigenvalue weighted by molar-refractivity contribution is 7.90. The van der Waals surface area contributed by atoms with E-state index in [4.69, 9.17) is 28.2 Å². The summed E-state index contributed by atoms with van der Waals surface area (Å²) in [5, 5.41) is 0.256. The van der Waals surface area contributed by atoms with Gasteiger partial charge in [0.25, 0.3) is 15.7 Å². The molecule has 1 spiro atoms. The van der Waals surface area contributed by atoms with Crippen molar-refractivity contribution in [2.24, 2.45) is 5.73 Å². The Labute approximate surface area is 268 Å². The lowest BCUT2D eigenvalue weighted by molar-refractivity contribution is -0.0567. The van der Waals surface area contributed by atoms with Gasteiger partial charge in [0.15, 0.2) is 28.5 Å². The average Bonchev–Trinajstić information content (AvgIpc) is 3.24. The fourth-order valence-electron chi connectivity index (χ4n) is 4.56. The summed E-state index contributed by atoms with van der Waals surface area (Å²) in [5.74, 6) is 0. The van der Waals surface area contributed by atoms with Gasteiger partial charge >= 0.3 is 11.8 Å². The van der Waals surface area contributed by atoms with Gasteiger partial charge in [-0.05, 0) is 64.0 Å². The van der Waals surface area contributed by atoms with Crippen LogP contribution in [0.4, 0.5) is 4.79 Å². The molecule has 1 aromatic heterocycles. The molecule has 0 aliphatic carbocycles. The molecule has 3 rings (SSSR count). The second-order valence-electron chi connectivity index (χ2n) is 16.0. The molecular weight excluding hydrogens is 639 g/mol. The van der Waals surface area contributed by atoms with E-state index < -0.39 is 73.7 Å². The number of aromatic nitrogens is 2. The molecule has 4 atom stereocenters. The molecule has 0 bridgehead atoms. The zero-order valence-electron chi connectivity index (χ0n) is 29.1. The van der Waals surface area contributed by atoms with Gasteiger partial charge in [-0.15, -0.1) is 0 Å². The van der Waals surface area contributed by atoms with Crippen LogP contribution < -0.4 is 17.0 Å². The number of nitrogens with zero attached hydrogens (tertiary/aromatic N) is 2. The molecule has 2 aliphatic heterocycles. The molecule has 1 saturated heterocycles. The summed E-state index contributed by atoms with van der Waals surface area (Å²) < 4.78 is 58.5. The maximum atomic E-state index is 14.0. The average molecular weight is 690 g/mol. The molecule has 45 heavy (non-hydrogen) atoms. The third kappa shape index (κ3) is 7.11. The molecule has 256 valence electrons. The number of hydrogen-bond acceptors (Lipinski definition) is 11. The minimum absolute atomic E-state index is 0.0358. The van der Waals surface area contributed by atoms with Crippen molar-refractivity contribution in [3.05, 3.63) is 43.7 Å². The Kier molecular flexibility index (Phi) is 9.60. The molecule has 3 heterocycles. The normalized spacial score (nSPS) is 25.9. The van der Waals surface area contributed by atoms with E-state index in [0.29, 0.717) is 4.57 Å². The van der Waals surface area contributed by atoms with E-state index in [1.54, 1.807) is 20.8 Å². The molecule has 0 aromatic carbocycles. The summed E-state index contributed by atoms with van der Waals surface area (Å²) in [6.45, 7) is 26.3. The summed E-state index contributed by atoms with van der Waals surface area (Å²) in [6, 6.07) is 0. The molecular formula is C29H51N3O10SSi2. The summed E-state index contributed by atoms with van der Waals surface area (Å²) in [5.41, 5.74) is 1.55. The fourth-order valence-corrected chi connectivity index (χ4v) is 8.07. The lowest BCUT2D eigenvalue weighted by Gasteiger charge is -2.43. The van der Waals surface area contributed by atoms with E-state index in [-0.39, 0.29) is 27.9 Å². The molecule has 1 fully saturated rings. The zero-order valence-corrected chi connectivity index (χ0v) is 31.9. The number of aryl methyl sites for hydroxylation is 1. The molecule has 1 unspecified atom stereocenters. The Morgan fingerprint density at radius 3 is 1.98 bits per heavy atom. The van der Waals surface area contributed by atoms with Crippen LogP contribution in [0.3, 0.4) is 0 Å². The quantitative estimate of drug-likeness (QED) is 0.334. The maximum absolute atomic E-state index is 14.0. The number of rotatable bonds is 6. The van der Waals surface area contributed by atoms with Gasteiger partial charge in [-0.25, -0.2) is 13.8 Å². The predicted molar refractivity (Wildman–Crippen MR) is 175 cm³/mol. The third-order valence-corrected chi connectivity index (χ3v) is 19.2. The van der Waals surface area contributed by atoms with E-state index in [0.717, 1.165) is 9.98 Å². The van der Waals surface area contributed by atoms with Crippen molar-refractivity contribution in [3.8, 4) is 0 Å². The topological polar surface area (TPSA) is 167 Å². The van der Waals surface area contributed by atoms with Gasteiger partial charge in [0, 0.05) is 11.8 Å². The van der Waals surface area contributed by atoms with Crippen molar-refractivity contribution < 1.29 is 35.7 Å². The van der Waals surface area contributed by atoms with Crippen molar-refractivity contribution in [1.82, 2.24) is 9.13 Å². The number of hydrogen-bond donors (Lipinski definition) is 1. The van der Waals surface area contributed by atoms with E-state index in [1.807, 2.05) is 47.0 Å². The fraction of sp³-hybridized carbons (Fsp3) is 0.759. The predicted octanol–water partition coefficient (Wildman–Crippen LogP) is 4.31. The van der Waals surface area contributed by atoms with Crippen LogP contribution in [0, 0.1) is 6.92 Å². The Hall–Kier alpha value is -2.09. The van der Waals surface area contributed by atoms with Gasteiger partial charge < -0.3 is 24.1 Å². The van der Waals surface area contributed by atoms with Gasteiger partial charge in [0.05, 0.1) is 17.7 Å². The lowest BCUT2D eigenvalue weighted by Crippen LogP contribution is -2.59. The highest BCUT2D eigenvalue weighted by Crippen LogP contribution is 2.52. The number of ether oxygens (including phenoxy) is 2. The van der Waals surface area contributed by atoms with Crippen LogP contribution in [0.5, 0.6) is 0 Å². The Morgan fingerprint density at radius 2 is 1.53 bits per heavy atom. The minimum atomic E-state index is -4.29. The Morgan fingerprint density at radius 1 is 1.00 bits per heavy atom. The van der Waals surface area contributed by atoms with Crippen LogP contribution in [-0.4, -0.2) is 70.3 Å². The van der Waals surface area contributed by atoms with Crippen molar-refractivity contribution >= 4 is 32.8 Å². The van der Waals surface area contributed by atoms with Crippen LogP contribution in [-0.2, 0) is 32.6 Å². The second-order valence-corrected chi connectivity index (χ2v) is 26.9. The van der Waals surface area contributed by atoms with Crippen molar-refractivity contribution in [2.45, 2.75) is 135 Å². The third-order valence-electron chi connectivity index (χ3n) is 9.21. The maximum Gasteiger partial charge on any atom is 0.425 e. The highest BCUT2D eigenvalue weighted by atomic mass is 32.2. The van der Waals surface area contributed by atoms with Crippen molar-refractivity contribution in [3.63, 3.8) is 0 Å². The van der Waals surface area contributed by atoms with Crippen LogP contribution in [0.1, 0.15) is 74.1 Å². The van der Waals surface area contributed by atoms with Crippen LogP contribution >= 0.6 is 0 Å². The molecule has 0 amide bonds. The largest absolute Gasteiger partial charge is 0.443 e. The first-order chi connectivity index (χ1) is 20.0. The summed E-state index contributed by atoms with van der Waals surface area (Å²) in [7, 11) is -9.50. The highest BCUT2D eigenvalue weighted by Gasteiger charge is 2.67. The molecule has 1 aromatic rings. The van der Waals surface area contributed by atoms with Gasteiger partial charge in [-0.3, -0.25) is 9.36 Å². The SMILES string of the molecule is Cc1cn([C@@H]2O[C@@H](CO[Si](C)(C)C(C)(C)C)C3(OS(=O)(=O)C=C3N)[C@H]2O[Si](C)(C)C(C)(C)C)c(=O)n(C(=O)OC(C)(C)C)c1=O. The second kappa shape index (κ2) is 11.6. The van der Waals surface area contributed by atoms with Crippen molar-refractivity contribution in [1.29, 1.82) is 0 Å². The molecule has 0 radical (unpaired) electrons. The minimum Gasteiger partial charge on any atom is -0.443 e. The molecule has 16 heteroatoms. The Balaban J connectivity index is 2.33. The summed E-state index contributed by atoms with van der Waals surface area (Å²) in [4.78, 5) is 40.3. The van der Waals surface area contributed by atoms with Crippen LogP contribution in [0.2, 0.25) is 36.3 Å². The van der Waals surface area contributed by atoms with E-state index in [9.17, 15) is 22.8 Å². The number of nitrogens with two attached hydrogens (primary N) is 1. The first-order valence-electron chi connectivity index (χ1n) is 15.0. The van der Waals surface area contributed by atoms with Crippen LogP contribution in [0.25, 0.3) is 0 Å². The smallest absolute Gasteiger partial charge is 0.425 e. The summed E-state index contributed by atoms with van der Waals surface area (Å²) in [6.07, 6.45) is -3.75. The van der Waals surface area contributed by atoms with E-state index >= 15 is 0 Å². The van der Waals surface area contributed by atoms with Crippen LogP contribution in [0.15, 0.2) is 26.9 Å². The Bertz CT molecular complexity index is 1590. The van der Waals surface area contributed by atoms with Gasteiger partial charge in [-0.2, -0.15) is 13.0 Å². The van der Waals surface area contributed by atoms with Gasteiger partial charge in [-0.1, -0.05) is 41.5 Å². The first-order valence-corrected chi connectivity index (χ1v) is 22.2. The molecule has 2 aliphatic rings. The van der Waals surface area contributed by atoms with Gasteiger partial charge in [0.1, 0.15) is 17.8 Å². The molecule has 13 nitrogen and oxygen atoms in total. The van der Waals surface area contributed by atoms with E-state index in [1.165, 1.54) is 13.1 Å². The zero-order chi connectivity index (χ0) is 34.9. The monoisotopic (exact) mass is 689 g/mol. The standard InChI is InChI=1S/C29H51N3O10SSi2/c1-18-15-31(24(34)32(22(18)33)25(35)40-26(2,3)4)23-21(41-45(13,14)28(8,9)10)29(19(30)17-43(36,37)42-29)20(39-23)16-38-44(11,12)27(5,6)7/h15,17,20-21,23H,16,30H2,1-14H3/t20-,21-,23+,29?/m0/s1. The first kappa shape index (κ1) is 37.4. The summed E-state index contributed by atoms with van der Waals surface area (Å²) >= 11 is 0. The number of carbonyl (C=O) groups excluding carboxylic acids is 1. The molecule has 0 saturated carbocycles. The number of carbonyl (C=O) groups is 1. The lowest BCUT2D eigenvalue weighted by atomic mass is 9.89.